The number of thiophene rings is 1. The fourth-order valence-corrected chi connectivity index (χ4v) is 3.50. The second-order valence-electron chi connectivity index (χ2n) is 5.60. The maximum absolute atomic E-state index is 11.3. The molecule has 0 N–H and O–H groups in total. The van der Waals surface area contributed by atoms with E-state index in [0.29, 0.717) is 6.61 Å². The van der Waals surface area contributed by atoms with Gasteiger partial charge in [0.05, 0.1) is 7.11 Å². The Bertz CT molecular complexity index is 596. The highest BCUT2D eigenvalue weighted by molar-refractivity contribution is 9.10. The number of alkyl halides is 1. The van der Waals surface area contributed by atoms with Gasteiger partial charge in [-0.3, -0.25) is 4.79 Å². The number of hydrogen-bond acceptors (Lipinski definition) is 4. The first-order chi connectivity index (χ1) is 11.7. The van der Waals surface area contributed by atoms with E-state index in [1.807, 2.05) is 18.2 Å². The van der Waals surface area contributed by atoms with Gasteiger partial charge in [0.15, 0.2) is 0 Å². The number of methoxy groups -OCH3 is 1. The third kappa shape index (κ3) is 6.65. The monoisotopic (exact) mass is 410 g/mol. The van der Waals surface area contributed by atoms with Crippen molar-refractivity contribution >= 4 is 33.2 Å². The smallest absolute Gasteiger partial charge is 0.319 e. The van der Waals surface area contributed by atoms with E-state index in [1.54, 1.807) is 11.3 Å². The lowest BCUT2D eigenvalue weighted by Crippen LogP contribution is -2.15. The van der Waals surface area contributed by atoms with Crippen LogP contribution >= 0.6 is 27.3 Å². The van der Waals surface area contributed by atoms with Crippen LogP contribution < -0.4 is 4.74 Å². The molecule has 24 heavy (non-hydrogen) atoms. The minimum absolute atomic E-state index is 0.178. The summed E-state index contributed by atoms with van der Waals surface area (Å²) >= 11 is 5.06. The molecular weight excluding hydrogens is 388 g/mol. The van der Waals surface area contributed by atoms with Gasteiger partial charge in [-0.05, 0) is 48.4 Å². The van der Waals surface area contributed by atoms with E-state index in [9.17, 15) is 4.79 Å². The molecule has 2 aromatic rings. The van der Waals surface area contributed by atoms with Crippen LogP contribution in [-0.4, -0.2) is 17.9 Å². The Labute approximate surface area is 156 Å². The van der Waals surface area contributed by atoms with Crippen LogP contribution in [0.25, 0.3) is 0 Å². The number of aryl methyl sites for hydroxylation is 1. The average Bonchev–Trinajstić information content (AvgIpc) is 3.13. The van der Waals surface area contributed by atoms with Crippen molar-refractivity contribution in [2.75, 3.05) is 7.11 Å². The number of halogens is 1. The first-order valence-electron chi connectivity index (χ1n) is 8.15. The van der Waals surface area contributed by atoms with Gasteiger partial charge >= 0.3 is 5.97 Å². The highest BCUT2D eigenvalue weighted by atomic mass is 79.9. The van der Waals surface area contributed by atoms with Crippen molar-refractivity contribution in [3.8, 4) is 5.75 Å². The Morgan fingerprint density at radius 2 is 1.96 bits per heavy atom. The molecule has 0 bridgehead atoms. The minimum Gasteiger partial charge on any atom is -0.488 e. The summed E-state index contributed by atoms with van der Waals surface area (Å²) in [6.07, 6.45) is 5.12. The fraction of sp³-hybridized carbons (Fsp3) is 0.421. The number of carbonyl (C=O) groups is 1. The predicted molar refractivity (Wildman–Crippen MR) is 102 cm³/mol. The third-order valence-corrected chi connectivity index (χ3v) is 5.45. The van der Waals surface area contributed by atoms with Crippen molar-refractivity contribution in [2.24, 2.45) is 0 Å². The average molecular weight is 411 g/mol. The summed E-state index contributed by atoms with van der Waals surface area (Å²) < 4.78 is 10.5. The van der Waals surface area contributed by atoms with E-state index < -0.39 is 0 Å². The number of ether oxygens (including phenoxy) is 2. The van der Waals surface area contributed by atoms with Gasteiger partial charge in [0.25, 0.3) is 0 Å². The van der Waals surface area contributed by atoms with Crippen molar-refractivity contribution in [3.05, 3.63) is 52.2 Å². The molecule has 0 saturated heterocycles. The molecule has 2 rings (SSSR count). The third-order valence-electron chi connectivity index (χ3n) is 3.76. The molecule has 0 radical (unpaired) electrons. The second-order valence-corrected chi connectivity index (χ2v) is 7.74. The summed E-state index contributed by atoms with van der Waals surface area (Å²) in [5, 5.41) is 2.06. The van der Waals surface area contributed by atoms with Gasteiger partial charge in [-0.1, -0.05) is 47.0 Å². The van der Waals surface area contributed by atoms with Crippen molar-refractivity contribution in [1.29, 1.82) is 0 Å². The second kappa shape index (κ2) is 10.5. The van der Waals surface area contributed by atoms with E-state index in [0.717, 1.165) is 37.9 Å². The van der Waals surface area contributed by atoms with Crippen LogP contribution in [0, 0.1) is 0 Å². The number of benzene rings is 1. The zero-order valence-electron chi connectivity index (χ0n) is 13.9. The Hall–Kier alpha value is -1.33. The van der Waals surface area contributed by atoms with Crippen LogP contribution in [-0.2, 0) is 22.6 Å². The van der Waals surface area contributed by atoms with Crippen LogP contribution in [0.5, 0.6) is 5.75 Å². The Morgan fingerprint density at radius 1 is 1.17 bits per heavy atom. The molecule has 1 aromatic heterocycles. The van der Waals surface area contributed by atoms with Crippen LogP contribution in [0.1, 0.15) is 36.1 Å². The van der Waals surface area contributed by atoms with Crippen molar-refractivity contribution < 1.29 is 14.3 Å². The molecule has 1 atom stereocenters. The predicted octanol–water partition coefficient (Wildman–Crippen LogP) is 5.37. The zero-order chi connectivity index (χ0) is 17.2. The molecule has 1 unspecified atom stereocenters. The maximum Gasteiger partial charge on any atom is 0.319 e. The lowest BCUT2D eigenvalue weighted by atomic mass is 10.1. The Balaban J connectivity index is 1.62. The topological polar surface area (TPSA) is 35.5 Å². The number of hydrogen-bond donors (Lipinski definition) is 0. The van der Waals surface area contributed by atoms with Crippen molar-refractivity contribution in [1.82, 2.24) is 0 Å². The van der Waals surface area contributed by atoms with Gasteiger partial charge in [0, 0.05) is 4.88 Å². The lowest BCUT2D eigenvalue weighted by molar-refractivity contribution is -0.139. The van der Waals surface area contributed by atoms with Gasteiger partial charge in [0.2, 0.25) is 0 Å². The molecule has 130 valence electrons. The van der Waals surface area contributed by atoms with Crippen molar-refractivity contribution in [2.45, 2.75) is 43.5 Å². The Kier molecular flexibility index (Phi) is 8.33. The number of esters is 1. The molecule has 5 heteroatoms. The number of carbonyl (C=O) groups excluding carboxylic acids is 1. The molecule has 0 spiro atoms. The molecule has 0 fully saturated rings. The highest BCUT2D eigenvalue weighted by Crippen LogP contribution is 2.18. The molecule has 0 aliphatic carbocycles. The first-order valence-corrected chi connectivity index (χ1v) is 9.94. The van der Waals surface area contributed by atoms with E-state index in [4.69, 9.17) is 9.47 Å². The zero-order valence-corrected chi connectivity index (χ0v) is 16.3. The van der Waals surface area contributed by atoms with Gasteiger partial charge in [-0.2, -0.15) is 0 Å². The SMILES string of the molecule is COC(=O)C(Br)CCCCCc1ccc(OCc2cccs2)cc1. The van der Waals surface area contributed by atoms with Crippen LogP contribution in [0.3, 0.4) is 0 Å². The maximum atomic E-state index is 11.3. The summed E-state index contributed by atoms with van der Waals surface area (Å²) in [5.41, 5.74) is 1.32. The van der Waals surface area contributed by atoms with Crippen molar-refractivity contribution in [3.63, 3.8) is 0 Å². The van der Waals surface area contributed by atoms with E-state index in [1.165, 1.54) is 17.6 Å². The lowest BCUT2D eigenvalue weighted by Gasteiger charge is -2.08. The standard InChI is InChI=1S/C19H23BrO3S/c1-22-19(21)18(20)8-4-2-3-6-15-9-11-16(12-10-15)23-14-17-7-5-13-24-17/h5,7,9-13,18H,2-4,6,8,14H2,1H3. The summed E-state index contributed by atoms with van der Waals surface area (Å²) in [5.74, 6) is 0.723. The van der Waals surface area contributed by atoms with E-state index in [-0.39, 0.29) is 10.8 Å². The van der Waals surface area contributed by atoms with E-state index in [2.05, 4.69) is 39.5 Å². The quantitative estimate of drug-likeness (QED) is 0.300. The molecule has 0 aliphatic heterocycles. The summed E-state index contributed by atoms with van der Waals surface area (Å²) in [6, 6.07) is 12.5. The van der Waals surface area contributed by atoms with Gasteiger partial charge < -0.3 is 9.47 Å². The van der Waals surface area contributed by atoms with Gasteiger partial charge in [-0.25, -0.2) is 0 Å². The molecule has 0 amide bonds. The summed E-state index contributed by atoms with van der Waals surface area (Å²) in [4.78, 5) is 12.3. The van der Waals surface area contributed by atoms with E-state index >= 15 is 0 Å². The summed E-state index contributed by atoms with van der Waals surface area (Å²) in [6.45, 7) is 0.630. The fourth-order valence-electron chi connectivity index (χ4n) is 2.38. The molecule has 1 heterocycles. The molecule has 0 aliphatic rings. The normalized spacial score (nSPS) is 11.9. The first kappa shape index (κ1) is 19.0. The van der Waals surface area contributed by atoms with Gasteiger partial charge in [-0.15, -0.1) is 11.3 Å². The number of unbranched alkanes of at least 4 members (excludes halogenated alkanes) is 2. The Morgan fingerprint density at radius 3 is 2.62 bits per heavy atom. The molecule has 1 aromatic carbocycles. The molecular formula is C19H23BrO3S. The minimum atomic E-state index is -0.187. The number of rotatable bonds is 10. The largest absolute Gasteiger partial charge is 0.488 e. The molecule has 0 saturated carbocycles. The van der Waals surface area contributed by atoms with Crippen LogP contribution in [0.2, 0.25) is 0 Å². The molecule has 3 nitrogen and oxygen atoms in total. The highest BCUT2D eigenvalue weighted by Gasteiger charge is 2.13. The summed E-state index contributed by atoms with van der Waals surface area (Å²) in [7, 11) is 1.42. The van der Waals surface area contributed by atoms with Gasteiger partial charge in [0.1, 0.15) is 17.2 Å². The van der Waals surface area contributed by atoms with Crippen LogP contribution in [0.4, 0.5) is 0 Å². The van der Waals surface area contributed by atoms with Crippen LogP contribution in [0.15, 0.2) is 41.8 Å².